The normalized spacial score (nSPS) is 13.2. The topological polar surface area (TPSA) is 0 Å². The molecule has 0 aliphatic rings. The number of rotatable bonds is 35. The van der Waals surface area contributed by atoms with Crippen LogP contribution < -0.4 is 0 Å². The maximum Gasteiger partial charge on any atom is 0.0504 e. The lowest BCUT2D eigenvalue weighted by atomic mass is 10.0. The first-order chi connectivity index (χ1) is 19.7. The summed E-state index contributed by atoms with van der Waals surface area (Å²) in [6.07, 6.45) is 47.5. The van der Waals surface area contributed by atoms with Gasteiger partial charge in [0.25, 0.3) is 0 Å². The Balaban J connectivity index is 3.79. The summed E-state index contributed by atoms with van der Waals surface area (Å²) in [7, 11) is -1.01. The molecule has 0 rings (SSSR count). The smallest absolute Gasteiger partial charge is 0.0504 e. The van der Waals surface area contributed by atoms with Gasteiger partial charge in [0.05, 0.1) is 8.07 Å². The number of hydrogen-bond acceptors (Lipinski definition) is 0. The SMILES string of the molecule is CCCCCCCCCCCCCCCCCCCC[Si](C)(CCCCCCCC)CCCCCCCCCC. The lowest BCUT2D eigenvalue weighted by molar-refractivity contribution is 0.526. The Kier molecular flexibility index (Phi) is 33.9. The Morgan fingerprint density at radius 2 is 0.375 bits per heavy atom. The van der Waals surface area contributed by atoms with Gasteiger partial charge in [-0.05, 0) is 0 Å². The summed E-state index contributed by atoms with van der Waals surface area (Å²) < 4.78 is 0. The fraction of sp³-hybridized carbons (Fsp3) is 1.00. The second kappa shape index (κ2) is 33.7. The van der Waals surface area contributed by atoms with Crippen LogP contribution in [0.4, 0.5) is 0 Å². The van der Waals surface area contributed by atoms with Crippen molar-refractivity contribution in [2.75, 3.05) is 0 Å². The van der Waals surface area contributed by atoms with Crippen LogP contribution >= 0.6 is 0 Å². The van der Waals surface area contributed by atoms with Gasteiger partial charge in [0.2, 0.25) is 0 Å². The lowest BCUT2D eigenvalue weighted by Crippen LogP contribution is -2.29. The third kappa shape index (κ3) is 31.2. The van der Waals surface area contributed by atoms with Crippen LogP contribution in [0.5, 0.6) is 0 Å². The highest BCUT2D eigenvalue weighted by Gasteiger charge is 2.25. The number of unbranched alkanes of at least 4 members (excludes halogenated alkanes) is 29. The summed E-state index contributed by atoms with van der Waals surface area (Å²) in [5.41, 5.74) is 0. The molecule has 0 fully saturated rings. The zero-order valence-corrected chi connectivity index (χ0v) is 30.2. The van der Waals surface area contributed by atoms with Crippen LogP contribution in [-0.4, -0.2) is 8.07 Å². The molecule has 0 aliphatic heterocycles. The second-order valence-electron chi connectivity index (χ2n) is 14.3. The minimum absolute atomic E-state index is 1.01. The van der Waals surface area contributed by atoms with Crippen LogP contribution in [-0.2, 0) is 0 Å². The summed E-state index contributed by atoms with van der Waals surface area (Å²) in [5.74, 6) is 0. The molecule has 0 saturated heterocycles. The van der Waals surface area contributed by atoms with E-state index in [0.29, 0.717) is 0 Å². The first-order valence-corrected chi connectivity index (χ1v) is 22.8. The van der Waals surface area contributed by atoms with Crippen molar-refractivity contribution in [2.24, 2.45) is 0 Å². The van der Waals surface area contributed by atoms with Gasteiger partial charge in [0.15, 0.2) is 0 Å². The molecule has 1 atom stereocenters. The third-order valence-electron chi connectivity index (χ3n) is 9.90. The van der Waals surface area contributed by atoms with Crippen molar-refractivity contribution in [1.82, 2.24) is 0 Å². The summed E-state index contributed by atoms with van der Waals surface area (Å²) in [6, 6.07) is 4.90. The van der Waals surface area contributed by atoms with Crippen molar-refractivity contribution in [3.05, 3.63) is 0 Å². The molecule has 0 aromatic heterocycles. The minimum Gasteiger partial charge on any atom is -0.0691 e. The Hall–Kier alpha value is 0.217. The zero-order valence-electron chi connectivity index (χ0n) is 29.2. The molecule has 0 heterocycles. The third-order valence-corrected chi connectivity index (χ3v) is 14.6. The molecule has 1 unspecified atom stereocenters. The van der Waals surface area contributed by atoms with Crippen LogP contribution in [0, 0.1) is 0 Å². The Morgan fingerprint density at radius 3 is 0.550 bits per heavy atom. The molecule has 0 amide bonds. The maximum absolute atomic E-state index is 2.80. The molecule has 0 radical (unpaired) electrons. The standard InChI is InChI=1S/C39H82Si/c1-5-8-11-14-17-19-20-21-22-23-24-25-26-27-28-30-33-36-39-40(4,37-34-31-16-13-10-7-3)38-35-32-29-18-15-12-9-6-2/h5-39H2,1-4H3. The zero-order chi connectivity index (χ0) is 29.2. The Morgan fingerprint density at radius 1 is 0.225 bits per heavy atom. The van der Waals surface area contributed by atoms with Gasteiger partial charge in [-0.3, -0.25) is 0 Å². The highest BCUT2D eigenvalue weighted by atomic mass is 28.3. The first kappa shape index (κ1) is 40.2. The van der Waals surface area contributed by atoms with Crippen molar-refractivity contribution >= 4 is 8.07 Å². The van der Waals surface area contributed by atoms with Gasteiger partial charge in [-0.1, -0.05) is 251 Å². The summed E-state index contributed by atoms with van der Waals surface area (Å²) in [4.78, 5) is 0. The molecule has 0 bridgehead atoms. The molecule has 0 nitrogen and oxygen atoms in total. The first-order valence-electron chi connectivity index (χ1n) is 19.7. The van der Waals surface area contributed by atoms with E-state index in [1.165, 1.54) is 186 Å². The molecular weight excluding hydrogens is 497 g/mol. The van der Waals surface area contributed by atoms with E-state index >= 15 is 0 Å². The molecule has 1 heteroatoms. The predicted molar refractivity (Wildman–Crippen MR) is 191 cm³/mol. The maximum atomic E-state index is 2.80. The number of hydrogen-bond donors (Lipinski definition) is 0. The predicted octanol–water partition coefficient (Wildman–Crippen LogP) is 15.6. The Bertz CT molecular complexity index is 446. The largest absolute Gasteiger partial charge is 0.0691 e. The van der Waals surface area contributed by atoms with Crippen molar-refractivity contribution in [2.45, 2.75) is 251 Å². The van der Waals surface area contributed by atoms with Crippen molar-refractivity contribution in [3.8, 4) is 0 Å². The van der Waals surface area contributed by atoms with Gasteiger partial charge in [0.1, 0.15) is 0 Å². The van der Waals surface area contributed by atoms with Crippen LogP contribution in [0.1, 0.15) is 226 Å². The van der Waals surface area contributed by atoms with E-state index in [2.05, 4.69) is 27.3 Å². The summed E-state index contributed by atoms with van der Waals surface area (Å²) >= 11 is 0. The van der Waals surface area contributed by atoms with E-state index in [1.54, 1.807) is 37.4 Å². The van der Waals surface area contributed by atoms with Gasteiger partial charge in [-0.2, -0.15) is 0 Å². The molecule has 242 valence electrons. The second-order valence-corrected chi connectivity index (χ2v) is 19.4. The molecular formula is C39H82Si. The van der Waals surface area contributed by atoms with E-state index in [4.69, 9.17) is 0 Å². The molecule has 0 spiro atoms. The van der Waals surface area contributed by atoms with Gasteiger partial charge in [0, 0.05) is 0 Å². The summed E-state index contributed by atoms with van der Waals surface area (Å²) in [6.45, 7) is 9.78. The molecule has 0 aliphatic carbocycles. The van der Waals surface area contributed by atoms with Gasteiger partial charge in [-0.15, -0.1) is 0 Å². The highest BCUT2D eigenvalue weighted by molar-refractivity contribution is 6.78. The monoisotopic (exact) mass is 579 g/mol. The fourth-order valence-corrected chi connectivity index (χ4v) is 10.9. The molecule has 0 aromatic rings. The van der Waals surface area contributed by atoms with Crippen molar-refractivity contribution in [3.63, 3.8) is 0 Å². The van der Waals surface area contributed by atoms with E-state index in [1.807, 2.05) is 0 Å². The molecule has 0 N–H and O–H groups in total. The van der Waals surface area contributed by atoms with Crippen LogP contribution in [0.25, 0.3) is 0 Å². The van der Waals surface area contributed by atoms with Gasteiger partial charge >= 0.3 is 0 Å². The van der Waals surface area contributed by atoms with E-state index in [0.717, 1.165) is 0 Å². The quantitative estimate of drug-likeness (QED) is 0.0518. The van der Waals surface area contributed by atoms with Crippen molar-refractivity contribution in [1.29, 1.82) is 0 Å². The van der Waals surface area contributed by atoms with E-state index in [9.17, 15) is 0 Å². The fourth-order valence-electron chi connectivity index (χ4n) is 6.85. The van der Waals surface area contributed by atoms with E-state index in [-0.39, 0.29) is 0 Å². The average Bonchev–Trinajstić information content (AvgIpc) is 2.96. The highest BCUT2D eigenvalue weighted by Crippen LogP contribution is 2.30. The van der Waals surface area contributed by atoms with E-state index < -0.39 is 8.07 Å². The molecule has 40 heavy (non-hydrogen) atoms. The minimum atomic E-state index is -1.01. The summed E-state index contributed by atoms with van der Waals surface area (Å²) in [5, 5.41) is 0. The Labute approximate surface area is 258 Å². The lowest BCUT2D eigenvalue weighted by Gasteiger charge is -2.28. The molecule has 0 aromatic carbocycles. The van der Waals surface area contributed by atoms with Gasteiger partial charge in [-0.25, -0.2) is 0 Å². The van der Waals surface area contributed by atoms with Crippen molar-refractivity contribution < 1.29 is 0 Å². The van der Waals surface area contributed by atoms with Crippen LogP contribution in [0.2, 0.25) is 24.7 Å². The van der Waals surface area contributed by atoms with Gasteiger partial charge < -0.3 is 0 Å². The molecule has 0 saturated carbocycles. The average molecular weight is 579 g/mol. The van der Waals surface area contributed by atoms with Crippen LogP contribution in [0.15, 0.2) is 0 Å². The van der Waals surface area contributed by atoms with Crippen LogP contribution in [0.3, 0.4) is 0 Å².